The van der Waals surface area contributed by atoms with Gasteiger partial charge in [-0.2, -0.15) is 27.1 Å². The van der Waals surface area contributed by atoms with E-state index in [9.17, 15) is 31.4 Å². The van der Waals surface area contributed by atoms with Crippen molar-refractivity contribution < 1.29 is 36.2 Å². The van der Waals surface area contributed by atoms with Gasteiger partial charge in [-0.1, -0.05) is 0 Å². The molecule has 0 spiro atoms. The average molecular weight is 381 g/mol. The van der Waals surface area contributed by atoms with E-state index in [4.69, 9.17) is 0 Å². The van der Waals surface area contributed by atoms with Gasteiger partial charge in [0.05, 0.1) is 6.54 Å². The van der Waals surface area contributed by atoms with Crippen LogP contribution in [-0.4, -0.2) is 32.7 Å². The summed E-state index contributed by atoms with van der Waals surface area (Å²) >= 11 is 0. The van der Waals surface area contributed by atoms with Crippen molar-refractivity contribution in [2.24, 2.45) is 5.41 Å². The van der Waals surface area contributed by atoms with E-state index in [-0.39, 0.29) is 0 Å². The van der Waals surface area contributed by atoms with Gasteiger partial charge in [-0.25, -0.2) is 14.1 Å². The number of rotatable bonds is 6. The van der Waals surface area contributed by atoms with E-state index in [1.54, 1.807) is 0 Å². The first kappa shape index (κ1) is 18.5. The third-order valence-electron chi connectivity index (χ3n) is 4.55. The van der Waals surface area contributed by atoms with Crippen LogP contribution in [0.25, 0.3) is 0 Å². The van der Waals surface area contributed by atoms with Crippen LogP contribution in [-0.2, 0) is 12.1 Å². The van der Waals surface area contributed by atoms with E-state index in [0.717, 1.165) is 29.5 Å². The topological polar surface area (TPSA) is 60.2 Å². The van der Waals surface area contributed by atoms with E-state index in [0.29, 0.717) is 6.07 Å². The molecule has 1 atom stereocenters. The smallest absolute Gasteiger partial charge is 0.397 e. The third-order valence-corrected chi connectivity index (χ3v) is 4.55. The zero-order valence-corrected chi connectivity index (χ0v) is 13.1. The summed E-state index contributed by atoms with van der Waals surface area (Å²) < 4.78 is 84.8. The van der Waals surface area contributed by atoms with Crippen LogP contribution in [0.15, 0.2) is 30.9 Å². The number of alkyl halides is 5. The van der Waals surface area contributed by atoms with E-state index < -0.39 is 60.3 Å². The Morgan fingerprint density at radius 3 is 2.42 bits per heavy atom. The minimum absolute atomic E-state index is 0.406. The first-order chi connectivity index (χ1) is 12.1. The second kappa shape index (κ2) is 6.15. The molecule has 0 radical (unpaired) electrons. The SMILES string of the molecule is OC(Cn1cncn1)(c1ccc(OC(F)F)cc1F)C1(C(F)(F)F)CC1. The summed E-state index contributed by atoms with van der Waals surface area (Å²) in [6.45, 7) is -3.93. The highest BCUT2D eigenvalue weighted by Crippen LogP contribution is 2.67. The van der Waals surface area contributed by atoms with Crippen molar-refractivity contribution in [2.45, 2.75) is 37.8 Å². The largest absolute Gasteiger partial charge is 0.435 e. The second-order valence-corrected chi connectivity index (χ2v) is 6.05. The number of nitrogens with zero attached hydrogens (tertiary/aromatic N) is 3. The zero-order valence-electron chi connectivity index (χ0n) is 13.1. The quantitative estimate of drug-likeness (QED) is 0.781. The van der Waals surface area contributed by atoms with Gasteiger partial charge in [-0.05, 0) is 25.0 Å². The molecule has 142 valence electrons. The van der Waals surface area contributed by atoms with Crippen LogP contribution >= 0.6 is 0 Å². The van der Waals surface area contributed by atoms with Gasteiger partial charge in [-0.15, -0.1) is 0 Å². The van der Waals surface area contributed by atoms with Crippen LogP contribution in [0.1, 0.15) is 18.4 Å². The highest BCUT2D eigenvalue weighted by atomic mass is 19.4. The maximum atomic E-state index is 14.5. The molecule has 11 heteroatoms. The molecule has 2 aromatic rings. The molecular weight excluding hydrogens is 368 g/mol. The molecule has 3 rings (SSSR count). The van der Waals surface area contributed by atoms with Gasteiger partial charge in [0.25, 0.3) is 0 Å². The van der Waals surface area contributed by atoms with Crippen LogP contribution in [0.4, 0.5) is 26.3 Å². The van der Waals surface area contributed by atoms with E-state index in [2.05, 4.69) is 14.8 Å². The number of aliphatic hydroxyl groups is 1. The number of hydrogen-bond acceptors (Lipinski definition) is 4. The summed E-state index contributed by atoms with van der Waals surface area (Å²) in [5.41, 5.74) is -5.95. The van der Waals surface area contributed by atoms with Crippen LogP contribution in [0.3, 0.4) is 0 Å². The summed E-state index contributed by atoms with van der Waals surface area (Å²) in [7, 11) is 0. The molecule has 1 saturated carbocycles. The molecule has 1 aliphatic rings. The first-order valence-electron chi connectivity index (χ1n) is 7.45. The lowest BCUT2D eigenvalue weighted by atomic mass is 9.77. The summed E-state index contributed by atoms with van der Waals surface area (Å²) in [5.74, 6) is -1.86. The Kier molecular flexibility index (Phi) is 4.37. The van der Waals surface area contributed by atoms with Crippen molar-refractivity contribution in [1.82, 2.24) is 14.8 Å². The molecule has 0 aliphatic heterocycles. The third kappa shape index (κ3) is 3.00. The van der Waals surface area contributed by atoms with Gasteiger partial charge in [0.15, 0.2) is 0 Å². The van der Waals surface area contributed by atoms with Gasteiger partial charge in [-0.3, -0.25) is 0 Å². The molecule has 1 N–H and O–H groups in total. The number of aromatic nitrogens is 3. The first-order valence-corrected chi connectivity index (χ1v) is 7.45. The minimum atomic E-state index is -4.81. The molecule has 1 aromatic carbocycles. The number of ether oxygens (including phenoxy) is 1. The molecule has 0 bridgehead atoms. The van der Waals surface area contributed by atoms with Gasteiger partial charge in [0.2, 0.25) is 0 Å². The molecule has 1 fully saturated rings. The lowest BCUT2D eigenvalue weighted by Crippen LogP contribution is -2.49. The number of benzene rings is 1. The van der Waals surface area contributed by atoms with Gasteiger partial charge < -0.3 is 9.84 Å². The fourth-order valence-electron chi connectivity index (χ4n) is 3.11. The lowest BCUT2D eigenvalue weighted by molar-refractivity contribution is -0.251. The van der Waals surface area contributed by atoms with Crippen LogP contribution < -0.4 is 4.74 Å². The fraction of sp³-hybridized carbons (Fsp3) is 0.467. The average Bonchev–Trinajstić information content (AvgIpc) is 3.21. The predicted octanol–water partition coefficient (Wildman–Crippen LogP) is 3.25. The molecule has 1 heterocycles. The van der Waals surface area contributed by atoms with E-state index >= 15 is 0 Å². The normalized spacial score (nSPS) is 18.6. The minimum Gasteiger partial charge on any atom is -0.435 e. The van der Waals surface area contributed by atoms with Crippen molar-refractivity contribution in [3.63, 3.8) is 0 Å². The van der Waals surface area contributed by atoms with Crippen LogP contribution in [0.5, 0.6) is 5.75 Å². The Balaban J connectivity index is 2.07. The summed E-state index contributed by atoms with van der Waals surface area (Å²) in [4.78, 5) is 3.60. The molecule has 1 unspecified atom stereocenters. The molecular formula is C15H13F6N3O2. The maximum absolute atomic E-state index is 14.5. The standard InChI is InChI=1S/C15H13F6N3O2/c16-11-5-9(26-12(17)18)1-2-10(11)14(25,6-24-8-22-7-23-24)13(3-4-13)15(19,20)21/h1-2,5,7-8,12,25H,3-4,6H2. The molecule has 0 saturated heterocycles. The molecule has 1 aliphatic carbocycles. The highest BCUT2D eigenvalue weighted by molar-refractivity contribution is 5.36. The number of halogens is 6. The molecule has 26 heavy (non-hydrogen) atoms. The van der Waals surface area contributed by atoms with Crippen LogP contribution in [0.2, 0.25) is 0 Å². The molecule has 5 nitrogen and oxygen atoms in total. The summed E-state index contributed by atoms with van der Waals surface area (Å²) in [5, 5.41) is 14.7. The molecule has 0 amide bonds. The fourth-order valence-corrected chi connectivity index (χ4v) is 3.11. The zero-order chi connectivity index (χ0) is 19.2. The Morgan fingerprint density at radius 1 is 1.27 bits per heavy atom. The number of hydrogen-bond donors (Lipinski definition) is 1. The Hall–Kier alpha value is -2.30. The molecule has 1 aromatic heterocycles. The van der Waals surface area contributed by atoms with E-state index in [1.807, 2.05) is 0 Å². The lowest BCUT2D eigenvalue weighted by Gasteiger charge is -2.38. The van der Waals surface area contributed by atoms with E-state index in [1.165, 1.54) is 0 Å². The maximum Gasteiger partial charge on any atom is 0.397 e. The van der Waals surface area contributed by atoms with Crippen molar-refractivity contribution in [1.29, 1.82) is 0 Å². The van der Waals surface area contributed by atoms with Gasteiger partial charge in [0.1, 0.15) is 35.2 Å². The summed E-state index contributed by atoms with van der Waals surface area (Å²) in [6, 6.07) is 2.21. The van der Waals surface area contributed by atoms with Crippen molar-refractivity contribution >= 4 is 0 Å². The Morgan fingerprint density at radius 2 is 1.96 bits per heavy atom. The Labute approximate surface area is 143 Å². The van der Waals surface area contributed by atoms with Crippen LogP contribution in [0, 0.1) is 11.2 Å². The van der Waals surface area contributed by atoms with Crippen molar-refractivity contribution in [3.05, 3.63) is 42.2 Å². The monoisotopic (exact) mass is 381 g/mol. The second-order valence-electron chi connectivity index (χ2n) is 6.05. The van der Waals surface area contributed by atoms with Gasteiger partial charge in [0, 0.05) is 11.6 Å². The summed E-state index contributed by atoms with van der Waals surface area (Å²) in [6.07, 6.45) is -3.48. The Bertz CT molecular complexity index is 776. The highest BCUT2D eigenvalue weighted by Gasteiger charge is 2.74. The van der Waals surface area contributed by atoms with Crippen molar-refractivity contribution in [2.75, 3.05) is 0 Å². The predicted molar refractivity (Wildman–Crippen MR) is 74.7 cm³/mol. The van der Waals surface area contributed by atoms with Gasteiger partial charge >= 0.3 is 12.8 Å². The van der Waals surface area contributed by atoms with Crippen molar-refractivity contribution in [3.8, 4) is 5.75 Å².